The molecular formula is C10H12O2S2. The summed E-state index contributed by atoms with van der Waals surface area (Å²) in [6.07, 6.45) is 0.846. The molecule has 76 valence electrons. The lowest BCUT2D eigenvalue weighted by Gasteiger charge is -2.21. The van der Waals surface area contributed by atoms with Gasteiger partial charge in [0.2, 0.25) is 6.79 Å². The van der Waals surface area contributed by atoms with Gasteiger partial charge >= 0.3 is 0 Å². The van der Waals surface area contributed by atoms with E-state index >= 15 is 0 Å². The zero-order valence-corrected chi connectivity index (χ0v) is 9.65. The zero-order valence-electron chi connectivity index (χ0n) is 7.86. The van der Waals surface area contributed by atoms with E-state index < -0.39 is 4.08 Å². The van der Waals surface area contributed by atoms with Gasteiger partial charge in [-0.25, -0.2) is 0 Å². The van der Waals surface area contributed by atoms with Gasteiger partial charge in [0.05, 0.1) is 4.08 Å². The van der Waals surface area contributed by atoms with Gasteiger partial charge in [0.1, 0.15) is 0 Å². The van der Waals surface area contributed by atoms with Gasteiger partial charge in [-0.3, -0.25) is 0 Å². The smallest absolute Gasteiger partial charge is 0.231 e. The standard InChI is InChI=1S/C10H12O2S2/c1-2-10(13,14)7-3-4-8-9(5-7)12-6-11-8/h3-5,13-14H,2,6H2,1H3. The summed E-state index contributed by atoms with van der Waals surface area (Å²) in [4.78, 5) is 0. The van der Waals surface area contributed by atoms with Crippen LogP contribution in [0.4, 0.5) is 0 Å². The Morgan fingerprint density at radius 2 is 2.00 bits per heavy atom. The molecule has 0 radical (unpaired) electrons. The molecule has 1 aromatic rings. The number of ether oxygens (including phenoxy) is 2. The van der Waals surface area contributed by atoms with Crippen LogP contribution in [0.25, 0.3) is 0 Å². The second-order valence-corrected chi connectivity index (χ2v) is 5.12. The molecule has 0 aromatic heterocycles. The number of hydrogen-bond donors (Lipinski definition) is 2. The van der Waals surface area contributed by atoms with Gasteiger partial charge in [0.15, 0.2) is 11.5 Å². The van der Waals surface area contributed by atoms with Crippen LogP contribution in [-0.2, 0) is 4.08 Å². The van der Waals surface area contributed by atoms with Crippen molar-refractivity contribution in [2.45, 2.75) is 17.4 Å². The normalized spacial score (nSPS) is 14.5. The van der Waals surface area contributed by atoms with E-state index in [-0.39, 0.29) is 0 Å². The quantitative estimate of drug-likeness (QED) is 0.599. The van der Waals surface area contributed by atoms with E-state index in [1.165, 1.54) is 0 Å². The molecule has 0 atom stereocenters. The molecule has 2 nitrogen and oxygen atoms in total. The molecule has 4 heteroatoms. The van der Waals surface area contributed by atoms with Gasteiger partial charge in [-0.15, -0.1) is 0 Å². The first-order chi connectivity index (χ1) is 6.63. The first-order valence-corrected chi connectivity index (χ1v) is 5.38. The molecule has 1 aromatic carbocycles. The van der Waals surface area contributed by atoms with E-state index in [9.17, 15) is 0 Å². The number of thiol groups is 2. The minimum absolute atomic E-state index is 0.303. The lowest BCUT2D eigenvalue weighted by Crippen LogP contribution is -2.08. The fourth-order valence-electron chi connectivity index (χ4n) is 1.35. The molecule has 1 heterocycles. The van der Waals surface area contributed by atoms with Crippen LogP contribution < -0.4 is 9.47 Å². The Morgan fingerprint density at radius 1 is 1.29 bits per heavy atom. The molecule has 0 spiro atoms. The summed E-state index contributed by atoms with van der Waals surface area (Å²) in [6, 6.07) is 5.80. The Labute approximate surface area is 94.4 Å². The molecular weight excluding hydrogens is 216 g/mol. The van der Waals surface area contributed by atoms with Crippen LogP contribution in [0, 0.1) is 0 Å². The Kier molecular flexibility index (Phi) is 2.58. The van der Waals surface area contributed by atoms with Gasteiger partial charge in [-0.1, -0.05) is 13.0 Å². The van der Waals surface area contributed by atoms with E-state index in [0.717, 1.165) is 23.5 Å². The van der Waals surface area contributed by atoms with Gasteiger partial charge < -0.3 is 9.47 Å². The van der Waals surface area contributed by atoms with Crippen molar-refractivity contribution in [2.75, 3.05) is 6.79 Å². The predicted octanol–water partition coefficient (Wildman–Crippen LogP) is 2.84. The second kappa shape index (κ2) is 3.59. The fourth-order valence-corrected chi connectivity index (χ4v) is 1.63. The van der Waals surface area contributed by atoms with Crippen molar-refractivity contribution in [2.24, 2.45) is 0 Å². The van der Waals surface area contributed by atoms with Crippen LogP contribution in [0.1, 0.15) is 18.9 Å². The maximum atomic E-state index is 5.29. The molecule has 0 saturated heterocycles. The highest BCUT2D eigenvalue weighted by Crippen LogP contribution is 2.41. The molecule has 0 fully saturated rings. The third-order valence-electron chi connectivity index (χ3n) is 2.33. The third-order valence-corrected chi connectivity index (χ3v) is 3.48. The predicted molar refractivity (Wildman–Crippen MR) is 62.5 cm³/mol. The van der Waals surface area contributed by atoms with E-state index in [2.05, 4.69) is 25.3 Å². The molecule has 2 rings (SSSR count). The third kappa shape index (κ3) is 1.68. The van der Waals surface area contributed by atoms with Gasteiger partial charge in [-0.05, 0) is 24.1 Å². The summed E-state index contributed by atoms with van der Waals surface area (Å²) < 4.78 is 10.1. The summed E-state index contributed by atoms with van der Waals surface area (Å²) in [5.41, 5.74) is 1.04. The van der Waals surface area contributed by atoms with Crippen LogP contribution >= 0.6 is 25.3 Å². The average molecular weight is 228 g/mol. The minimum Gasteiger partial charge on any atom is -0.454 e. The number of hydrogen-bond acceptors (Lipinski definition) is 4. The Hall–Kier alpha value is -0.480. The molecule has 0 unspecified atom stereocenters. The molecule has 14 heavy (non-hydrogen) atoms. The monoisotopic (exact) mass is 228 g/mol. The van der Waals surface area contributed by atoms with Crippen LogP contribution in [0.5, 0.6) is 11.5 Å². The number of benzene rings is 1. The first-order valence-electron chi connectivity index (χ1n) is 4.48. The Morgan fingerprint density at radius 3 is 2.71 bits per heavy atom. The molecule has 0 aliphatic carbocycles. The highest BCUT2D eigenvalue weighted by molar-refractivity contribution is 7.99. The van der Waals surface area contributed by atoms with Crippen molar-refractivity contribution in [3.8, 4) is 11.5 Å². The molecule has 1 aliphatic heterocycles. The first kappa shape index (κ1) is 10.1. The lowest BCUT2D eigenvalue weighted by atomic mass is 10.1. The van der Waals surface area contributed by atoms with Crippen molar-refractivity contribution in [1.82, 2.24) is 0 Å². The SMILES string of the molecule is CCC(S)(S)c1ccc2c(c1)OCO2. The Bertz CT molecular complexity index is 350. The van der Waals surface area contributed by atoms with Crippen LogP contribution in [0.3, 0.4) is 0 Å². The van der Waals surface area contributed by atoms with Gasteiger partial charge in [0, 0.05) is 0 Å². The second-order valence-electron chi connectivity index (χ2n) is 3.24. The summed E-state index contributed by atoms with van der Waals surface area (Å²) >= 11 is 8.97. The van der Waals surface area contributed by atoms with E-state index in [1.807, 2.05) is 25.1 Å². The summed E-state index contributed by atoms with van der Waals surface area (Å²) in [5.74, 6) is 1.57. The zero-order chi connectivity index (χ0) is 10.2. The van der Waals surface area contributed by atoms with E-state index in [0.29, 0.717) is 6.79 Å². The van der Waals surface area contributed by atoms with Crippen molar-refractivity contribution < 1.29 is 9.47 Å². The summed E-state index contributed by atoms with van der Waals surface area (Å²) in [5, 5.41) is 0. The summed E-state index contributed by atoms with van der Waals surface area (Å²) in [7, 11) is 0. The average Bonchev–Trinajstić information content (AvgIpc) is 2.64. The van der Waals surface area contributed by atoms with Crippen LogP contribution in [0.15, 0.2) is 18.2 Å². The molecule has 0 amide bonds. The number of fused-ring (bicyclic) bond motifs is 1. The maximum Gasteiger partial charge on any atom is 0.231 e. The van der Waals surface area contributed by atoms with Crippen molar-refractivity contribution in [3.05, 3.63) is 23.8 Å². The van der Waals surface area contributed by atoms with E-state index in [4.69, 9.17) is 9.47 Å². The molecule has 1 aliphatic rings. The minimum atomic E-state index is -0.402. The van der Waals surface area contributed by atoms with Gasteiger partial charge in [0.25, 0.3) is 0 Å². The lowest BCUT2D eigenvalue weighted by molar-refractivity contribution is 0.174. The van der Waals surface area contributed by atoms with Crippen molar-refractivity contribution in [1.29, 1.82) is 0 Å². The largest absolute Gasteiger partial charge is 0.454 e. The summed E-state index contributed by atoms with van der Waals surface area (Å²) in [6.45, 7) is 2.35. The topological polar surface area (TPSA) is 18.5 Å². The van der Waals surface area contributed by atoms with Crippen molar-refractivity contribution in [3.63, 3.8) is 0 Å². The molecule has 0 N–H and O–H groups in total. The number of rotatable bonds is 2. The highest BCUT2D eigenvalue weighted by atomic mass is 32.2. The fraction of sp³-hybridized carbons (Fsp3) is 0.400. The van der Waals surface area contributed by atoms with Crippen LogP contribution in [-0.4, -0.2) is 6.79 Å². The van der Waals surface area contributed by atoms with Gasteiger partial charge in [-0.2, -0.15) is 25.3 Å². The Balaban J connectivity index is 2.38. The van der Waals surface area contributed by atoms with E-state index in [1.54, 1.807) is 0 Å². The van der Waals surface area contributed by atoms with Crippen molar-refractivity contribution >= 4 is 25.3 Å². The van der Waals surface area contributed by atoms with Crippen LogP contribution in [0.2, 0.25) is 0 Å². The maximum absolute atomic E-state index is 5.29. The molecule has 0 saturated carbocycles. The molecule has 0 bridgehead atoms. The highest BCUT2D eigenvalue weighted by Gasteiger charge is 2.23.